The molecule has 0 aliphatic carbocycles. The molecule has 0 aromatic heterocycles. The zero-order chi connectivity index (χ0) is 2.99. The van der Waals surface area contributed by atoms with E-state index < -0.39 is 0 Å². The Balaban J connectivity index is 2.80. The number of rotatable bonds is 0. The quantitative estimate of drug-likeness (QED) is 0.395. The lowest BCUT2D eigenvalue weighted by Crippen LogP contribution is -1.05. The van der Waals surface area contributed by atoms with Gasteiger partial charge < -0.3 is 0 Å². The second-order valence-corrected chi connectivity index (χ2v) is 3.37. The molecule has 2 heteroatoms. The topological polar surface area (TPSA) is 0 Å². The van der Waals surface area contributed by atoms with Crippen LogP contribution in [0.3, 0.4) is 0 Å². The van der Waals surface area contributed by atoms with Crippen molar-refractivity contribution < 1.29 is 0 Å². The van der Waals surface area contributed by atoms with Crippen molar-refractivity contribution in [2.75, 3.05) is 0 Å². The molecule has 1 heterocycles. The molecule has 0 aromatic carbocycles. The van der Waals surface area contributed by atoms with Gasteiger partial charge in [0.2, 0.25) is 0 Å². The molecule has 0 nitrogen and oxygen atoms in total. The lowest BCUT2D eigenvalue weighted by atomic mass is 11.3. The van der Waals surface area contributed by atoms with Gasteiger partial charge in [0.1, 0.15) is 0 Å². The Kier molecular flexibility index (Phi) is 0.412. The minimum Gasteiger partial charge on any atom is -0.0284 e. The van der Waals surface area contributed by atoms with E-state index in [1.165, 1.54) is 15.7 Å². The molecule has 0 saturated carbocycles. The molecule has 0 N–H and O–H groups in total. The normalized spacial score (nSPS) is 25.5. The van der Waals surface area contributed by atoms with Gasteiger partial charge in [-0.3, -0.25) is 0 Å². The average molecular weight is 86.0 g/mol. The van der Waals surface area contributed by atoms with Crippen molar-refractivity contribution in [3.05, 3.63) is 11.6 Å². The van der Waals surface area contributed by atoms with E-state index in [-0.39, 0.29) is 0 Å². The van der Waals surface area contributed by atoms with Crippen molar-refractivity contribution in [1.29, 1.82) is 0 Å². The highest BCUT2D eigenvalue weighted by Crippen LogP contribution is 2.50. The van der Waals surface area contributed by atoms with Gasteiger partial charge in [-0.1, -0.05) is 0 Å². The van der Waals surface area contributed by atoms with Gasteiger partial charge in [-0.15, -0.1) is 0 Å². The third-order valence-corrected chi connectivity index (χ3v) is 1.80. The van der Waals surface area contributed by atoms with E-state index in [1.54, 1.807) is 0 Å². The third kappa shape index (κ3) is 0.377. The van der Waals surface area contributed by atoms with Gasteiger partial charge in [-0.25, -0.2) is 0 Å². The SMILES string of the molecule is [C]=C1P=P1. The van der Waals surface area contributed by atoms with Crippen LogP contribution in [-0.2, 0) is 0 Å². The molecule has 0 unspecified atom stereocenters. The maximum Gasteiger partial charge on any atom is 0.0468 e. The van der Waals surface area contributed by atoms with E-state index >= 15 is 0 Å². The Bertz CT molecular complexity index is 64.1. The van der Waals surface area contributed by atoms with Gasteiger partial charge in [0.25, 0.3) is 0 Å². The van der Waals surface area contributed by atoms with Crippen molar-refractivity contribution in [3.8, 4) is 0 Å². The summed E-state index contributed by atoms with van der Waals surface area (Å²) < 4.78 is 0. The number of hydrogen-bond donors (Lipinski definition) is 0. The molecule has 1 rings (SSSR count). The van der Waals surface area contributed by atoms with E-state index in [0.717, 1.165) is 5.06 Å². The predicted molar refractivity (Wildman–Crippen MR) is 20.6 cm³/mol. The monoisotopic (exact) mass is 85.9 g/mol. The van der Waals surface area contributed by atoms with Crippen molar-refractivity contribution in [1.82, 2.24) is 0 Å². The van der Waals surface area contributed by atoms with Crippen molar-refractivity contribution >= 4 is 15.7 Å². The van der Waals surface area contributed by atoms with Crippen molar-refractivity contribution in [3.63, 3.8) is 0 Å². The van der Waals surface area contributed by atoms with Gasteiger partial charge in [0.05, 0.1) is 0 Å². The Morgan fingerprint density at radius 1 is 1.50 bits per heavy atom. The number of hydrogen-bond acceptors (Lipinski definition) is 0. The molecule has 0 fully saturated rings. The molecular weight excluding hydrogens is 86.0 g/mol. The molecule has 2 radical (unpaired) electrons. The lowest BCUT2D eigenvalue weighted by Gasteiger charge is -1.32. The highest BCUT2D eigenvalue weighted by molar-refractivity contribution is 8.08. The molecule has 4 heavy (non-hydrogen) atoms. The third-order valence-electron chi connectivity index (χ3n) is 0.200. The highest BCUT2D eigenvalue weighted by Gasteiger charge is 1.92. The highest BCUT2D eigenvalue weighted by atomic mass is 31.8. The Hall–Kier alpha value is 0.340. The van der Waals surface area contributed by atoms with Crippen LogP contribution in [0.15, 0.2) is 5.06 Å². The average Bonchev–Trinajstić information content (AvgIpc) is 1.75. The largest absolute Gasteiger partial charge is 0.0468 e. The van der Waals surface area contributed by atoms with E-state index in [0.29, 0.717) is 0 Å². The van der Waals surface area contributed by atoms with E-state index in [9.17, 15) is 0 Å². The van der Waals surface area contributed by atoms with E-state index in [4.69, 9.17) is 6.58 Å². The fourth-order valence-electron chi connectivity index (χ4n) is 0.0250. The summed E-state index contributed by atoms with van der Waals surface area (Å²) in [6, 6.07) is 0. The molecule has 0 atom stereocenters. The predicted octanol–water partition coefficient (Wildman–Crippen LogP) is 1.96. The summed E-state index contributed by atoms with van der Waals surface area (Å²) in [6.07, 6.45) is 0. The van der Waals surface area contributed by atoms with Gasteiger partial charge in [-0.05, 0) is 15.7 Å². The maximum absolute atomic E-state index is 6.59. The summed E-state index contributed by atoms with van der Waals surface area (Å²) in [5.74, 6) is 0. The van der Waals surface area contributed by atoms with Crippen LogP contribution in [0.4, 0.5) is 0 Å². The van der Waals surface area contributed by atoms with Crippen molar-refractivity contribution in [2.45, 2.75) is 0 Å². The molecule has 0 amide bonds. The molecule has 0 saturated heterocycles. The summed E-state index contributed by atoms with van der Waals surface area (Å²) in [5.41, 5.74) is 0. The summed E-state index contributed by atoms with van der Waals surface area (Å²) in [5, 5.41) is 0.861. The van der Waals surface area contributed by atoms with Crippen molar-refractivity contribution in [2.24, 2.45) is 0 Å². The van der Waals surface area contributed by atoms with Crippen LogP contribution in [0.5, 0.6) is 0 Å². The zero-order valence-corrected chi connectivity index (χ0v) is 3.68. The minimum absolute atomic E-state index is 0.861. The van der Waals surface area contributed by atoms with Gasteiger partial charge in [0, 0.05) is 11.6 Å². The molecule has 0 aromatic rings. The van der Waals surface area contributed by atoms with E-state index in [2.05, 4.69) is 0 Å². The van der Waals surface area contributed by atoms with Crippen LogP contribution in [-0.4, -0.2) is 0 Å². The van der Waals surface area contributed by atoms with Crippen LogP contribution in [0, 0.1) is 6.58 Å². The van der Waals surface area contributed by atoms with Crippen LogP contribution >= 0.6 is 15.7 Å². The Labute approximate surface area is 28.3 Å². The van der Waals surface area contributed by atoms with Crippen LogP contribution in [0.25, 0.3) is 0 Å². The first-order valence-corrected chi connectivity index (χ1v) is 3.39. The fourth-order valence-corrected chi connectivity index (χ4v) is 0.225. The maximum atomic E-state index is 6.59. The Morgan fingerprint density at radius 3 is 1.75 bits per heavy atom. The van der Waals surface area contributed by atoms with Gasteiger partial charge in [-0.2, -0.15) is 0 Å². The van der Waals surface area contributed by atoms with Crippen LogP contribution in [0.1, 0.15) is 0 Å². The smallest absolute Gasteiger partial charge is 0.0284 e. The first-order chi connectivity index (χ1) is 1.89. The van der Waals surface area contributed by atoms with Gasteiger partial charge in [0.15, 0.2) is 0 Å². The summed E-state index contributed by atoms with van der Waals surface area (Å²) >= 11 is 0. The first-order valence-electron chi connectivity index (χ1n) is 0.897. The summed E-state index contributed by atoms with van der Waals surface area (Å²) in [7, 11) is 2.44. The molecule has 1 aliphatic heterocycles. The summed E-state index contributed by atoms with van der Waals surface area (Å²) in [4.78, 5) is 0. The van der Waals surface area contributed by atoms with E-state index in [1.807, 2.05) is 0 Å². The molecular formula is C2P2. The molecule has 18 valence electrons. The zero-order valence-electron chi connectivity index (χ0n) is 1.89. The second kappa shape index (κ2) is 0.641. The van der Waals surface area contributed by atoms with Crippen LogP contribution < -0.4 is 0 Å². The molecule has 0 spiro atoms. The minimum atomic E-state index is 0.861. The standard InChI is InChI=1S/C2P2/c1-2-3-4-2. The molecule has 1 aliphatic rings. The van der Waals surface area contributed by atoms with Gasteiger partial charge >= 0.3 is 0 Å². The fraction of sp³-hybridized carbons (Fsp3) is 0. The Morgan fingerprint density at radius 2 is 1.75 bits per heavy atom. The molecule has 0 bridgehead atoms. The lowest BCUT2D eigenvalue weighted by molar-refractivity contribution is 2.47. The summed E-state index contributed by atoms with van der Waals surface area (Å²) in [6.45, 7) is 6.59. The van der Waals surface area contributed by atoms with Crippen LogP contribution in [0.2, 0.25) is 0 Å². The first kappa shape index (κ1) is 2.57. The second-order valence-electron chi connectivity index (χ2n) is 0.524.